The average Bonchev–Trinajstić information content (AvgIpc) is 2.82. The molecule has 2 amide bonds. The lowest BCUT2D eigenvalue weighted by atomic mass is 10.1. The van der Waals surface area contributed by atoms with Crippen LogP contribution < -0.4 is 11.1 Å². The molecule has 0 radical (unpaired) electrons. The van der Waals surface area contributed by atoms with Crippen molar-refractivity contribution in [3.63, 3.8) is 0 Å². The van der Waals surface area contributed by atoms with Crippen molar-refractivity contribution >= 4 is 24.2 Å². The van der Waals surface area contributed by atoms with Crippen LogP contribution in [0, 0.1) is 0 Å². The zero-order valence-electron chi connectivity index (χ0n) is 12.2. The molecule has 0 spiro atoms. The number of nitrogens with one attached hydrogen (secondary N) is 1. The van der Waals surface area contributed by atoms with Crippen LogP contribution in [-0.4, -0.2) is 29.3 Å². The number of hydrogen-bond donors (Lipinski definition) is 2. The van der Waals surface area contributed by atoms with Crippen molar-refractivity contribution < 1.29 is 9.59 Å². The maximum absolute atomic E-state index is 11.6. The molecule has 1 saturated heterocycles. The maximum atomic E-state index is 11.6. The Morgan fingerprint density at radius 2 is 2.14 bits per heavy atom. The molecule has 0 unspecified atom stereocenters. The predicted octanol–water partition coefficient (Wildman–Crippen LogP) is 1.19. The van der Waals surface area contributed by atoms with Gasteiger partial charge in [-0.25, -0.2) is 0 Å². The van der Waals surface area contributed by atoms with Gasteiger partial charge in [-0.1, -0.05) is 24.3 Å². The molecule has 0 saturated carbocycles. The number of amides is 2. The number of carbonyl (C=O) groups is 2. The van der Waals surface area contributed by atoms with Gasteiger partial charge in [0, 0.05) is 26.1 Å². The van der Waals surface area contributed by atoms with Crippen LogP contribution in [0.4, 0.5) is 0 Å². The minimum atomic E-state index is -0.500. The number of rotatable bonds is 5. The van der Waals surface area contributed by atoms with Crippen molar-refractivity contribution in [2.24, 2.45) is 5.73 Å². The van der Waals surface area contributed by atoms with Gasteiger partial charge >= 0.3 is 0 Å². The van der Waals surface area contributed by atoms with Gasteiger partial charge in [-0.15, -0.1) is 12.4 Å². The first-order chi connectivity index (χ1) is 9.56. The van der Waals surface area contributed by atoms with E-state index in [0.29, 0.717) is 19.5 Å². The van der Waals surface area contributed by atoms with E-state index in [1.165, 1.54) is 0 Å². The van der Waals surface area contributed by atoms with Gasteiger partial charge in [0.05, 0.1) is 6.04 Å². The fourth-order valence-corrected chi connectivity index (χ4v) is 2.28. The van der Waals surface area contributed by atoms with Crippen LogP contribution in [0.25, 0.3) is 0 Å². The third-order valence-corrected chi connectivity index (χ3v) is 3.42. The Labute approximate surface area is 131 Å². The van der Waals surface area contributed by atoms with E-state index in [4.69, 9.17) is 5.73 Å². The average molecular weight is 312 g/mol. The number of nitrogens with zero attached hydrogens (tertiary/aromatic N) is 1. The fraction of sp³-hybridized carbons (Fsp3) is 0.467. The Morgan fingerprint density at radius 1 is 1.43 bits per heavy atom. The van der Waals surface area contributed by atoms with Crippen molar-refractivity contribution in [2.45, 2.75) is 38.9 Å². The summed E-state index contributed by atoms with van der Waals surface area (Å²) in [5.41, 5.74) is 7.61. The summed E-state index contributed by atoms with van der Waals surface area (Å²) in [5, 5.41) is 2.78. The molecule has 1 heterocycles. The number of hydrogen-bond acceptors (Lipinski definition) is 3. The summed E-state index contributed by atoms with van der Waals surface area (Å²) in [7, 11) is 0. The van der Waals surface area contributed by atoms with Crippen LogP contribution in [0.15, 0.2) is 24.3 Å². The monoisotopic (exact) mass is 311 g/mol. The molecule has 1 aromatic rings. The van der Waals surface area contributed by atoms with Crippen LogP contribution >= 0.6 is 12.4 Å². The summed E-state index contributed by atoms with van der Waals surface area (Å²) >= 11 is 0. The second kappa shape index (κ2) is 8.00. The standard InChI is InChI=1S/C15H21N3O2.ClH/c1-11(16)15(20)17-9-12-4-2-5-13(8-12)10-18-7-3-6-14(18)19;/h2,4-5,8,11H,3,6-7,9-10,16H2,1H3,(H,17,20);1H/t11-;/m1./s1. The molecule has 0 aliphatic carbocycles. The lowest BCUT2D eigenvalue weighted by Crippen LogP contribution is -2.37. The SMILES string of the molecule is C[C@@H](N)C(=O)NCc1cccc(CN2CCCC2=O)c1.Cl. The highest BCUT2D eigenvalue weighted by molar-refractivity contribution is 5.85. The van der Waals surface area contributed by atoms with Gasteiger partial charge in [0.2, 0.25) is 11.8 Å². The first kappa shape index (κ1) is 17.5. The molecule has 1 aliphatic heterocycles. The summed E-state index contributed by atoms with van der Waals surface area (Å²) in [5.74, 6) is 0.0609. The van der Waals surface area contributed by atoms with Crippen LogP contribution in [0.1, 0.15) is 30.9 Å². The lowest BCUT2D eigenvalue weighted by Gasteiger charge is -2.16. The molecule has 116 valence electrons. The smallest absolute Gasteiger partial charge is 0.236 e. The normalized spacial score (nSPS) is 15.5. The van der Waals surface area contributed by atoms with Crippen LogP contribution in [0.5, 0.6) is 0 Å². The van der Waals surface area contributed by atoms with Crippen LogP contribution in [0.3, 0.4) is 0 Å². The highest BCUT2D eigenvalue weighted by Crippen LogP contribution is 2.15. The molecule has 1 atom stereocenters. The minimum Gasteiger partial charge on any atom is -0.351 e. The molecule has 5 nitrogen and oxygen atoms in total. The number of likely N-dealkylation sites (tertiary alicyclic amines) is 1. The lowest BCUT2D eigenvalue weighted by molar-refractivity contribution is -0.128. The van der Waals surface area contributed by atoms with Gasteiger partial charge in [-0.05, 0) is 24.5 Å². The predicted molar refractivity (Wildman–Crippen MR) is 83.8 cm³/mol. The van der Waals surface area contributed by atoms with Crippen LogP contribution in [0.2, 0.25) is 0 Å². The van der Waals surface area contributed by atoms with Crippen LogP contribution in [-0.2, 0) is 22.7 Å². The summed E-state index contributed by atoms with van der Waals surface area (Å²) in [6.45, 7) is 3.60. The third kappa shape index (κ3) is 5.02. The molecular weight excluding hydrogens is 290 g/mol. The molecule has 6 heteroatoms. The molecule has 2 rings (SSSR count). The Morgan fingerprint density at radius 3 is 2.76 bits per heavy atom. The Hall–Kier alpha value is -1.59. The van der Waals surface area contributed by atoms with Gasteiger partial charge in [0.15, 0.2) is 0 Å². The number of nitrogens with two attached hydrogens (primary N) is 1. The maximum Gasteiger partial charge on any atom is 0.236 e. The molecule has 21 heavy (non-hydrogen) atoms. The number of benzene rings is 1. The Bertz CT molecular complexity index is 505. The van der Waals surface area contributed by atoms with E-state index in [9.17, 15) is 9.59 Å². The Kier molecular flexibility index (Phi) is 6.65. The van der Waals surface area contributed by atoms with E-state index in [-0.39, 0.29) is 24.2 Å². The highest BCUT2D eigenvalue weighted by atomic mass is 35.5. The number of halogens is 1. The van der Waals surface area contributed by atoms with E-state index in [1.807, 2.05) is 29.2 Å². The van der Waals surface area contributed by atoms with Crippen molar-refractivity contribution in [3.8, 4) is 0 Å². The summed E-state index contributed by atoms with van der Waals surface area (Å²) in [6.07, 6.45) is 1.60. The third-order valence-electron chi connectivity index (χ3n) is 3.42. The zero-order chi connectivity index (χ0) is 14.5. The second-order valence-electron chi connectivity index (χ2n) is 5.25. The van der Waals surface area contributed by atoms with E-state index in [2.05, 4.69) is 5.32 Å². The van der Waals surface area contributed by atoms with Crippen molar-refractivity contribution in [3.05, 3.63) is 35.4 Å². The van der Waals surface area contributed by atoms with E-state index in [0.717, 1.165) is 24.1 Å². The van der Waals surface area contributed by atoms with Gasteiger partial charge in [-0.2, -0.15) is 0 Å². The largest absolute Gasteiger partial charge is 0.351 e. The first-order valence-corrected chi connectivity index (χ1v) is 6.95. The molecule has 0 bridgehead atoms. The molecule has 0 aromatic heterocycles. The second-order valence-corrected chi connectivity index (χ2v) is 5.25. The molecule has 3 N–H and O–H groups in total. The molecule has 1 aliphatic rings. The first-order valence-electron chi connectivity index (χ1n) is 6.95. The summed E-state index contributed by atoms with van der Waals surface area (Å²) in [6, 6.07) is 7.43. The number of carbonyl (C=O) groups excluding carboxylic acids is 2. The van der Waals surface area contributed by atoms with E-state index >= 15 is 0 Å². The highest BCUT2D eigenvalue weighted by Gasteiger charge is 2.19. The van der Waals surface area contributed by atoms with E-state index < -0.39 is 6.04 Å². The zero-order valence-corrected chi connectivity index (χ0v) is 13.0. The summed E-state index contributed by atoms with van der Waals surface area (Å²) in [4.78, 5) is 24.9. The minimum absolute atomic E-state index is 0. The van der Waals surface area contributed by atoms with Crippen molar-refractivity contribution in [2.75, 3.05) is 6.54 Å². The Balaban J connectivity index is 0.00000220. The molecule has 1 fully saturated rings. The van der Waals surface area contributed by atoms with Crippen molar-refractivity contribution in [1.29, 1.82) is 0 Å². The van der Waals surface area contributed by atoms with Crippen molar-refractivity contribution in [1.82, 2.24) is 10.2 Å². The van der Waals surface area contributed by atoms with Gasteiger partial charge < -0.3 is 16.0 Å². The fourth-order valence-electron chi connectivity index (χ4n) is 2.28. The summed E-state index contributed by atoms with van der Waals surface area (Å²) < 4.78 is 0. The molecule has 1 aromatic carbocycles. The van der Waals surface area contributed by atoms with Gasteiger partial charge in [0.25, 0.3) is 0 Å². The van der Waals surface area contributed by atoms with E-state index in [1.54, 1.807) is 6.92 Å². The quantitative estimate of drug-likeness (QED) is 0.858. The van der Waals surface area contributed by atoms with Gasteiger partial charge in [0.1, 0.15) is 0 Å². The topological polar surface area (TPSA) is 75.4 Å². The van der Waals surface area contributed by atoms with Gasteiger partial charge in [-0.3, -0.25) is 9.59 Å². The molecular formula is C15H22ClN3O2.